The van der Waals surface area contributed by atoms with Gasteiger partial charge in [-0.15, -0.1) is 0 Å². The highest BCUT2D eigenvalue weighted by atomic mass is 16.5. The van der Waals surface area contributed by atoms with Crippen molar-refractivity contribution in [3.63, 3.8) is 0 Å². The van der Waals surface area contributed by atoms with Gasteiger partial charge in [-0.25, -0.2) is 0 Å². The van der Waals surface area contributed by atoms with Gasteiger partial charge in [-0.3, -0.25) is 4.79 Å². The van der Waals surface area contributed by atoms with Gasteiger partial charge in [-0.1, -0.05) is 36.8 Å². The largest absolute Gasteiger partial charge is 0.453 e. The van der Waals surface area contributed by atoms with Crippen LogP contribution in [-0.2, 0) is 9.53 Å². The summed E-state index contributed by atoms with van der Waals surface area (Å²) in [5.41, 5.74) is 4.57. The maximum absolute atomic E-state index is 11.4. The van der Waals surface area contributed by atoms with Crippen LogP contribution < -0.4 is 0 Å². The second-order valence-corrected chi connectivity index (χ2v) is 4.24. The average Bonchev–Trinajstić information content (AvgIpc) is 2.55. The first-order valence-electron chi connectivity index (χ1n) is 5.60. The van der Waals surface area contributed by atoms with Crippen molar-refractivity contribution in [2.75, 3.05) is 0 Å². The van der Waals surface area contributed by atoms with E-state index in [1.165, 1.54) is 5.56 Å². The molecule has 0 radical (unpaired) electrons. The molecule has 0 saturated carbocycles. The number of fused-ring (bicyclic) bond motifs is 1. The predicted molar refractivity (Wildman–Crippen MR) is 64.0 cm³/mol. The number of carbonyl (C=O) groups is 1. The quantitative estimate of drug-likeness (QED) is 0.708. The van der Waals surface area contributed by atoms with Crippen LogP contribution >= 0.6 is 0 Å². The Morgan fingerprint density at radius 1 is 1.38 bits per heavy atom. The molecule has 0 fully saturated rings. The van der Waals surface area contributed by atoms with Crippen molar-refractivity contribution >= 4 is 12.0 Å². The van der Waals surface area contributed by atoms with Gasteiger partial charge in [0.2, 0.25) is 0 Å². The van der Waals surface area contributed by atoms with Gasteiger partial charge < -0.3 is 4.74 Å². The van der Waals surface area contributed by atoms with Crippen molar-refractivity contribution in [3.05, 3.63) is 40.5 Å². The molecule has 2 rings (SSSR count). The van der Waals surface area contributed by atoms with Crippen molar-refractivity contribution in [3.8, 4) is 0 Å². The number of esters is 1. The maximum Gasteiger partial charge on any atom is 0.306 e. The van der Waals surface area contributed by atoms with Crippen LogP contribution in [0.4, 0.5) is 0 Å². The van der Waals surface area contributed by atoms with E-state index in [0.29, 0.717) is 6.42 Å². The normalized spacial score (nSPS) is 17.9. The van der Waals surface area contributed by atoms with Crippen LogP contribution in [0.25, 0.3) is 6.08 Å². The molecule has 0 spiro atoms. The van der Waals surface area contributed by atoms with Crippen molar-refractivity contribution in [2.24, 2.45) is 0 Å². The summed E-state index contributed by atoms with van der Waals surface area (Å²) in [5, 5.41) is 0. The first kappa shape index (κ1) is 10.9. The first-order chi connectivity index (χ1) is 7.61. The number of benzene rings is 1. The van der Waals surface area contributed by atoms with E-state index in [4.69, 9.17) is 4.74 Å². The van der Waals surface area contributed by atoms with Crippen molar-refractivity contribution in [1.29, 1.82) is 0 Å². The molecule has 1 atom stereocenters. The molecule has 1 unspecified atom stereocenters. The van der Waals surface area contributed by atoms with Gasteiger partial charge in [0.1, 0.15) is 6.10 Å². The van der Waals surface area contributed by atoms with Crippen LogP contribution in [0.5, 0.6) is 0 Å². The number of rotatable bonds is 2. The molecule has 1 aromatic carbocycles. The molecular weight excluding hydrogens is 200 g/mol. The summed E-state index contributed by atoms with van der Waals surface area (Å²) in [6, 6.07) is 6.25. The maximum atomic E-state index is 11.4. The third-order valence-corrected chi connectivity index (χ3v) is 2.86. The molecule has 84 valence electrons. The van der Waals surface area contributed by atoms with Gasteiger partial charge in [-0.2, -0.15) is 0 Å². The summed E-state index contributed by atoms with van der Waals surface area (Å²) in [4.78, 5) is 11.4. The zero-order valence-corrected chi connectivity index (χ0v) is 9.91. The molecular formula is C14H16O2. The van der Waals surface area contributed by atoms with Gasteiger partial charge in [-0.05, 0) is 25.0 Å². The van der Waals surface area contributed by atoms with Gasteiger partial charge in [0.15, 0.2) is 0 Å². The standard InChI is InChI=1S/C14H16O2/c1-4-13(15)16-14-10(3)8-11-6-5-9(2)7-12(11)14/h5-8,14H,4H2,1-3H3. The summed E-state index contributed by atoms with van der Waals surface area (Å²) in [6.07, 6.45) is 2.33. The summed E-state index contributed by atoms with van der Waals surface area (Å²) in [6.45, 7) is 5.86. The second-order valence-electron chi connectivity index (χ2n) is 4.24. The lowest BCUT2D eigenvalue weighted by molar-refractivity contribution is -0.147. The zero-order chi connectivity index (χ0) is 11.7. The second kappa shape index (κ2) is 4.12. The minimum absolute atomic E-state index is 0.146. The molecule has 1 aromatic rings. The predicted octanol–water partition coefficient (Wildman–Crippen LogP) is 3.41. The summed E-state index contributed by atoms with van der Waals surface area (Å²) < 4.78 is 5.45. The number of hydrogen-bond acceptors (Lipinski definition) is 2. The van der Waals surface area contributed by atoms with E-state index in [1.54, 1.807) is 0 Å². The minimum Gasteiger partial charge on any atom is -0.453 e. The van der Waals surface area contributed by atoms with Crippen LogP contribution in [0, 0.1) is 6.92 Å². The van der Waals surface area contributed by atoms with E-state index in [0.717, 1.165) is 16.7 Å². The van der Waals surface area contributed by atoms with Crippen LogP contribution in [0.2, 0.25) is 0 Å². The zero-order valence-electron chi connectivity index (χ0n) is 9.91. The third-order valence-electron chi connectivity index (χ3n) is 2.86. The highest BCUT2D eigenvalue weighted by Crippen LogP contribution is 2.37. The number of carbonyl (C=O) groups excluding carboxylic acids is 1. The molecule has 0 saturated heterocycles. The smallest absolute Gasteiger partial charge is 0.306 e. The Kier molecular flexibility index (Phi) is 2.82. The Hall–Kier alpha value is -1.57. The number of ether oxygens (including phenoxy) is 1. The van der Waals surface area contributed by atoms with Gasteiger partial charge in [0, 0.05) is 12.0 Å². The van der Waals surface area contributed by atoms with E-state index in [9.17, 15) is 4.79 Å². The van der Waals surface area contributed by atoms with Gasteiger partial charge in [0.05, 0.1) is 0 Å². The summed E-state index contributed by atoms with van der Waals surface area (Å²) in [5.74, 6) is -0.146. The van der Waals surface area contributed by atoms with Crippen molar-refractivity contribution in [1.82, 2.24) is 0 Å². The molecule has 16 heavy (non-hydrogen) atoms. The summed E-state index contributed by atoms with van der Waals surface area (Å²) >= 11 is 0. The molecule has 0 N–H and O–H groups in total. The van der Waals surface area contributed by atoms with E-state index in [2.05, 4.69) is 24.3 Å². The topological polar surface area (TPSA) is 26.3 Å². The Bertz CT molecular complexity index is 458. The molecule has 2 nitrogen and oxygen atoms in total. The minimum atomic E-state index is -0.178. The van der Waals surface area contributed by atoms with Crippen LogP contribution in [-0.4, -0.2) is 5.97 Å². The molecule has 1 aliphatic rings. The fourth-order valence-corrected chi connectivity index (χ4v) is 1.99. The Morgan fingerprint density at radius 3 is 2.81 bits per heavy atom. The molecule has 0 amide bonds. The number of hydrogen-bond donors (Lipinski definition) is 0. The van der Waals surface area contributed by atoms with Crippen LogP contribution in [0.15, 0.2) is 23.8 Å². The van der Waals surface area contributed by atoms with Crippen molar-refractivity contribution in [2.45, 2.75) is 33.3 Å². The van der Waals surface area contributed by atoms with Crippen LogP contribution in [0.3, 0.4) is 0 Å². The Balaban J connectivity index is 2.32. The SMILES string of the molecule is CCC(=O)OC1C(C)=Cc2ccc(C)cc21. The molecule has 0 aliphatic heterocycles. The fraction of sp³-hybridized carbons (Fsp3) is 0.357. The van der Waals surface area contributed by atoms with Gasteiger partial charge >= 0.3 is 5.97 Å². The van der Waals surface area contributed by atoms with Crippen LogP contribution in [0.1, 0.15) is 43.1 Å². The lowest BCUT2D eigenvalue weighted by Crippen LogP contribution is -2.09. The van der Waals surface area contributed by atoms with E-state index in [1.807, 2.05) is 20.8 Å². The Morgan fingerprint density at radius 2 is 2.12 bits per heavy atom. The third kappa shape index (κ3) is 1.87. The molecule has 0 aromatic heterocycles. The van der Waals surface area contributed by atoms with Gasteiger partial charge in [0.25, 0.3) is 0 Å². The lowest BCUT2D eigenvalue weighted by atomic mass is 10.0. The first-order valence-corrected chi connectivity index (χ1v) is 5.60. The van der Waals surface area contributed by atoms with Crippen molar-refractivity contribution < 1.29 is 9.53 Å². The lowest BCUT2D eigenvalue weighted by Gasteiger charge is -2.15. The Labute approximate surface area is 95.9 Å². The highest BCUT2D eigenvalue weighted by molar-refractivity contribution is 5.72. The van der Waals surface area contributed by atoms with E-state index in [-0.39, 0.29) is 12.1 Å². The molecule has 2 heteroatoms. The summed E-state index contributed by atoms with van der Waals surface area (Å²) in [7, 11) is 0. The molecule has 0 bridgehead atoms. The highest BCUT2D eigenvalue weighted by Gasteiger charge is 2.25. The molecule has 1 aliphatic carbocycles. The molecule has 0 heterocycles. The fourth-order valence-electron chi connectivity index (χ4n) is 1.99. The average molecular weight is 216 g/mol. The van der Waals surface area contributed by atoms with E-state index < -0.39 is 0 Å². The number of aryl methyl sites for hydroxylation is 1. The monoisotopic (exact) mass is 216 g/mol. The van der Waals surface area contributed by atoms with E-state index >= 15 is 0 Å².